The maximum absolute atomic E-state index is 5.06. The van der Waals surface area contributed by atoms with Crippen LogP contribution >= 0.6 is 28.1 Å². The molecule has 0 radical (unpaired) electrons. The van der Waals surface area contributed by atoms with Gasteiger partial charge in [0.05, 0.1) is 5.71 Å². The Bertz CT molecular complexity index is 388. The maximum atomic E-state index is 5.06. The minimum absolute atomic E-state index is 0.327. The number of hydrogen-bond acceptors (Lipinski definition) is 1. The molecule has 1 atom stereocenters. The fraction of sp³-hybridized carbons (Fsp3) is 0.200. The van der Waals surface area contributed by atoms with Crippen molar-refractivity contribution in [3.63, 3.8) is 0 Å². The van der Waals surface area contributed by atoms with E-state index in [1.165, 1.54) is 5.57 Å². The molecule has 0 aromatic carbocycles. The number of aliphatic imine (C=N–C) groups is 1. The third-order valence-corrected chi connectivity index (χ3v) is 2.84. The summed E-state index contributed by atoms with van der Waals surface area (Å²) in [5.74, 6) is 0.327. The van der Waals surface area contributed by atoms with Crippen LogP contribution in [0, 0.1) is 5.92 Å². The second-order valence-electron chi connectivity index (χ2n) is 3.13. The Labute approximate surface area is 91.1 Å². The molecular weight excluding hydrogens is 246 g/mol. The van der Waals surface area contributed by atoms with Crippen molar-refractivity contribution in [3.05, 3.63) is 34.4 Å². The summed E-state index contributed by atoms with van der Waals surface area (Å²) in [5, 5.41) is 0. The Morgan fingerprint density at radius 2 is 2.23 bits per heavy atom. The van der Waals surface area contributed by atoms with Gasteiger partial charge in [-0.2, -0.15) is 0 Å². The van der Waals surface area contributed by atoms with Gasteiger partial charge in [0.1, 0.15) is 4.99 Å². The molecule has 0 N–H and O–H groups in total. The summed E-state index contributed by atoms with van der Waals surface area (Å²) >= 11 is 8.48. The number of thiocarbonyl (C=S) groups is 1. The predicted octanol–water partition coefficient (Wildman–Crippen LogP) is 3.18. The molecule has 0 aromatic heterocycles. The molecule has 0 bridgehead atoms. The lowest BCUT2D eigenvalue weighted by atomic mass is 9.89. The van der Waals surface area contributed by atoms with Crippen LogP contribution in [0.15, 0.2) is 39.4 Å². The lowest BCUT2D eigenvalue weighted by molar-refractivity contribution is 1.01. The van der Waals surface area contributed by atoms with Crippen molar-refractivity contribution in [2.45, 2.75) is 6.92 Å². The SMILES string of the molecule is CC1=CC(=S)N=C2C=C(Br)C=CC12. The monoisotopic (exact) mass is 253 g/mol. The van der Waals surface area contributed by atoms with Crippen molar-refractivity contribution < 1.29 is 0 Å². The number of allylic oxidation sites excluding steroid dienone is 5. The van der Waals surface area contributed by atoms with Crippen LogP contribution in [0.3, 0.4) is 0 Å². The van der Waals surface area contributed by atoms with E-state index in [4.69, 9.17) is 12.2 Å². The summed E-state index contributed by atoms with van der Waals surface area (Å²) in [5.41, 5.74) is 2.31. The van der Waals surface area contributed by atoms with Gasteiger partial charge in [0.2, 0.25) is 0 Å². The quantitative estimate of drug-likeness (QED) is 0.605. The van der Waals surface area contributed by atoms with Gasteiger partial charge >= 0.3 is 0 Å². The molecule has 2 aliphatic rings. The molecule has 1 nitrogen and oxygen atoms in total. The average Bonchev–Trinajstić information content (AvgIpc) is 2.02. The van der Waals surface area contributed by atoms with Crippen molar-refractivity contribution in [3.8, 4) is 0 Å². The van der Waals surface area contributed by atoms with E-state index in [-0.39, 0.29) is 0 Å². The lowest BCUT2D eigenvalue weighted by Gasteiger charge is -2.21. The molecule has 1 aliphatic heterocycles. The van der Waals surface area contributed by atoms with Gasteiger partial charge in [-0.25, -0.2) is 4.99 Å². The second kappa shape index (κ2) is 3.31. The highest BCUT2D eigenvalue weighted by Crippen LogP contribution is 2.26. The van der Waals surface area contributed by atoms with Crippen LogP contribution < -0.4 is 0 Å². The van der Waals surface area contributed by atoms with E-state index in [1.807, 2.05) is 12.2 Å². The Morgan fingerprint density at radius 3 is 3.00 bits per heavy atom. The van der Waals surface area contributed by atoms with Crippen LogP contribution in [-0.2, 0) is 0 Å². The molecule has 0 amide bonds. The first kappa shape index (κ1) is 9.03. The Hall–Kier alpha value is -0.540. The number of halogens is 1. The topological polar surface area (TPSA) is 12.4 Å². The van der Waals surface area contributed by atoms with E-state index in [0.717, 1.165) is 10.2 Å². The average molecular weight is 254 g/mol. The zero-order valence-corrected chi connectivity index (χ0v) is 9.52. The number of nitrogens with zero attached hydrogens (tertiary/aromatic N) is 1. The van der Waals surface area contributed by atoms with Gasteiger partial charge < -0.3 is 0 Å². The smallest absolute Gasteiger partial charge is 0.126 e. The molecule has 1 unspecified atom stereocenters. The highest BCUT2D eigenvalue weighted by atomic mass is 79.9. The molecular formula is C10H8BrNS. The normalized spacial score (nSPS) is 26.2. The molecule has 0 saturated carbocycles. The van der Waals surface area contributed by atoms with E-state index in [1.54, 1.807) is 0 Å². The fourth-order valence-corrected chi connectivity index (χ4v) is 2.18. The van der Waals surface area contributed by atoms with E-state index in [2.05, 4.69) is 40.0 Å². The van der Waals surface area contributed by atoms with E-state index >= 15 is 0 Å². The fourth-order valence-electron chi connectivity index (χ4n) is 1.50. The second-order valence-corrected chi connectivity index (χ2v) is 4.46. The molecule has 66 valence electrons. The lowest BCUT2D eigenvalue weighted by Crippen LogP contribution is -2.19. The van der Waals surface area contributed by atoms with Crippen LogP contribution in [-0.4, -0.2) is 10.7 Å². The van der Waals surface area contributed by atoms with Gasteiger partial charge in [0.25, 0.3) is 0 Å². The van der Waals surface area contributed by atoms with Gasteiger partial charge in [0.15, 0.2) is 0 Å². The van der Waals surface area contributed by atoms with Crippen LogP contribution in [0.2, 0.25) is 0 Å². The number of fused-ring (bicyclic) bond motifs is 1. The van der Waals surface area contributed by atoms with Crippen molar-refractivity contribution >= 4 is 38.8 Å². The van der Waals surface area contributed by atoms with Crippen molar-refractivity contribution in [1.82, 2.24) is 0 Å². The summed E-state index contributed by atoms with van der Waals surface area (Å²) < 4.78 is 1.06. The molecule has 0 spiro atoms. The molecule has 0 aromatic rings. The Morgan fingerprint density at radius 1 is 1.46 bits per heavy atom. The van der Waals surface area contributed by atoms with Gasteiger partial charge in [-0.15, -0.1) is 0 Å². The van der Waals surface area contributed by atoms with Crippen LogP contribution in [0.4, 0.5) is 0 Å². The van der Waals surface area contributed by atoms with Gasteiger partial charge in [-0.1, -0.05) is 45.9 Å². The van der Waals surface area contributed by atoms with Crippen molar-refractivity contribution in [2.24, 2.45) is 10.9 Å². The molecule has 13 heavy (non-hydrogen) atoms. The summed E-state index contributed by atoms with van der Waals surface area (Å²) in [6.45, 7) is 2.09. The maximum Gasteiger partial charge on any atom is 0.126 e. The highest BCUT2D eigenvalue weighted by Gasteiger charge is 2.20. The third kappa shape index (κ3) is 1.71. The Balaban J connectivity index is 2.44. The standard InChI is InChI=1S/C10H8BrNS/c1-6-4-10(13)12-9-5-7(11)2-3-8(6)9/h2-5,8H,1H3. The molecule has 0 saturated heterocycles. The minimum Gasteiger partial charge on any atom is -0.241 e. The van der Waals surface area contributed by atoms with E-state index in [9.17, 15) is 0 Å². The van der Waals surface area contributed by atoms with Crippen LogP contribution in [0.1, 0.15) is 6.92 Å². The van der Waals surface area contributed by atoms with E-state index in [0.29, 0.717) is 10.9 Å². The highest BCUT2D eigenvalue weighted by molar-refractivity contribution is 9.11. The minimum atomic E-state index is 0.327. The summed E-state index contributed by atoms with van der Waals surface area (Å²) in [6, 6.07) is 0. The number of hydrogen-bond donors (Lipinski definition) is 0. The first-order valence-corrected chi connectivity index (χ1v) is 5.23. The molecule has 1 aliphatic carbocycles. The number of dihydropyridines is 1. The van der Waals surface area contributed by atoms with Gasteiger partial charge in [-0.3, -0.25) is 0 Å². The number of rotatable bonds is 0. The first-order valence-electron chi connectivity index (χ1n) is 4.03. The summed E-state index contributed by atoms with van der Waals surface area (Å²) in [7, 11) is 0. The zero-order valence-electron chi connectivity index (χ0n) is 7.12. The molecule has 3 heteroatoms. The largest absolute Gasteiger partial charge is 0.241 e. The summed E-state index contributed by atoms with van der Waals surface area (Å²) in [6.07, 6.45) is 8.17. The van der Waals surface area contributed by atoms with Crippen LogP contribution in [0.5, 0.6) is 0 Å². The molecule has 2 rings (SSSR count). The van der Waals surface area contributed by atoms with E-state index < -0.39 is 0 Å². The molecule has 0 fully saturated rings. The Kier molecular flexibility index (Phi) is 2.30. The summed E-state index contributed by atoms with van der Waals surface area (Å²) in [4.78, 5) is 5.00. The third-order valence-electron chi connectivity index (χ3n) is 2.13. The van der Waals surface area contributed by atoms with Crippen molar-refractivity contribution in [1.29, 1.82) is 0 Å². The first-order chi connectivity index (χ1) is 6.16. The zero-order chi connectivity index (χ0) is 9.42. The van der Waals surface area contributed by atoms with Gasteiger partial charge in [0, 0.05) is 10.4 Å². The predicted molar refractivity (Wildman–Crippen MR) is 63.4 cm³/mol. The van der Waals surface area contributed by atoms with Gasteiger partial charge in [-0.05, 0) is 19.1 Å². The molecule has 1 heterocycles. The van der Waals surface area contributed by atoms with Crippen molar-refractivity contribution in [2.75, 3.05) is 0 Å². The van der Waals surface area contributed by atoms with Crippen LogP contribution in [0.25, 0.3) is 0 Å².